The van der Waals surface area contributed by atoms with Crippen molar-refractivity contribution in [3.63, 3.8) is 0 Å². The first-order valence-corrected chi connectivity index (χ1v) is 11.6. The molecular weight excluding hydrogens is 483 g/mol. The third kappa shape index (κ3) is 6.06. The van der Waals surface area contributed by atoms with Crippen LogP contribution in [-0.4, -0.2) is 23.2 Å². The molecule has 9 heteroatoms. The van der Waals surface area contributed by atoms with Gasteiger partial charge in [0.25, 0.3) is 5.91 Å². The Morgan fingerprint density at radius 1 is 0.946 bits per heavy atom. The van der Waals surface area contributed by atoms with Gasteiger partial charge in [-0.05, 0) is 71.3 Å². The number of hydrogen-bond acceptors (Lipinski definition) is 4. The summed E-state index contributed by atoms with van der Waals surface area (Å²) in [4.78, 5) is 29.3. The van der Waals surface area contributed by atoms with Crippen molar-refractivity contribution in [2.45, 2.75) is 25.2 Å². The Hall–Kier alpha value is -4.40. The number of aromatic nitrogens is 1. The average Bonchev–Trinajstić information content (AvgIpc) is 3.69. The van der Waals surface area contributed by atoms with E-state index in [4.69, 9.17) is 0 Å². The lowest BCUT2D eigenvalue weighted by Gasteiger charge is -2.10. The third-order valence-corrected chi connectivity index (χ3v) is 6.25. The molecule has 2 N–H and O–H groups in total. The van der Waals surface area contributed by atoms with Crippen molar-refractivity contribution in [3.05, 3.63) is 102 Å². The number of anilines is 1. The molecule has 2 unspecified atom stereocenters. The summed E-state index contributed by atoms with van der Waals surface area (Å²) in [6.07, 6.45) is -0.524. The van der Waals surface area contributed by atoms with E-state index in [9.17, 15) is 22.8 Å². The normalized spacial score (nSPS) is 16.7. The number of ether oxygens (including phenoxy) is 1. The fourth-order valence-electron chi connectivity index (χ4n) is 4.22. The number of rotatable bonds is 7. The van der Waals surface area contributed by atoms with Gasteiger partial charge in [0.15, 0.2) is 0 Å². The van der Waals surface area contributed by atoms with Crippen molar-refractivity contribution in [2.24, 2.45) is 5.92 Å². The first-order chi connectivity index (χ1) is 17.7. The van der Waals surface area contributed by atoms with Gasteiger partial charge in [0.2, 0.25) is 5.91 Å². The maximum Gasteiger partial charge on any atom is 0.573 e. The number of fused-ring (bicyclic) bond motifs is 1. The quantitative estimate of drug-likeness (QED) is 0.333. The number of nitrogens with one attached hydrogen (secondary N) is 2. The summed E-state index contributed by atoms with van der Waals surface area (Å²) < 4.78 is 40.6. The number of halogens is 3. The van der Waals surface area contributed by atoms with Crippen LogP contribution in [0.4, 0.5) is 18.9 Å². The fraction of sp³-hybridized carbons (Fsp3) is 0.179. The molecule has 0 spiro atoms. The summed E-state index contributed by atoms with van der Waals surface area (Å²) in [5, 5.41) is 7.73. The lowest BCUT2D eigenvalue weighted by molar-refractivity contribution is -0.274. The minimum Gasteiger partial charge on any atom is -0.406 e. The minimum atomic E-state index is -4.75. The molecule has 1 heterocycles. The monoisotopic (exact) mass is 505 g/mol. The molecule has 188 valence electrons. The zero-order chi connectivity index (χ0) is 26.0. The number of carbonyl (C=O) groups excluding carboxylic acids is 2. The standard InChI is InChI=1S/C28H22F3N3O3/c29-28(30,31)37-23-9-1-17(2-10-23)15-33-26(35)19-5-3-18(4-6-19)24-14-25(24)27(36)34-22-8-7-21-16-32-12-11-20(21)13-22/h1-13,16,24-25H,14-15H2,(H,33,35)(H,34,36). The van der Waals surface area contributed by atoms with Crippen LogP contribution in [0.5, 0.6) is 5.75 Å². The Bertz CT molecular complexity index is 1440. The number of pyridine rings is 1. The first-order valence-electron chi connectivity index (χ1n) is 11.6. The molecule has 1 aliphatic rings. The smallest absolute Gasteiger partial charge is 0.406 e. The molecule has 5 rings (SSSR count). The molecule has 1 aliphatic carbocycles. The van der Waals surface area contributed by atoms with Gasteiger partial charge in [-0.1, -0.05) is 30.3 Å². The Kier molecular flexibility index (Phi) is 6.52. The molecule has 2 atom stereocenters. The van der Waals surface area contributed by atoms with E-state index in [1.165, 1.54) is 24.3 Å². The van der Waals surface area contributed by atoms with Gasteiger partial charge in [-0.25, -0.2) is 0 Å². The van der Waals surface area contributed by atoms with E-state index in [2.05, 4.69) is 20.4 Å². The van der Waals surface area contributed by atoms with E-state index in [-0.39, 0.29) is 35.9 Å². The minimum absolute atomic E-state index is 0.0353. The van der Waals surface area contributed by atoms with Crippen molar-refractivity contribution >= 4 is 28.3 Å². The highest BCUT2D eigenvalue weighted by Crippen LogP contribution is 2.48. The zero-order valence-electron chi connectivity index (χ0n) is 19.5. The Morgan fingerprint density at radius 3 is 2.43 bits per heavy atom. The van der Waals surface area contributed by atoms with Crippen LogP contribution in [0.15, 0.2) is 85.2 Å². The Balaban J connectivity index is 1.12. The number of carbonyl (C=O) groups is 2. The van der Waals surface area contributed by atoms with Gasteiger partial charge < -0.3 is 15.4 Å². The number of alkyl halides is 3. The van der Waals surface area contributed by atoms with E-state index in [1.807, 2.05) is 36.4 Å². The van der Waals surface area contributed by atoms with Gasteiger partial charge in [0, 0.05) is 41.5 Å². The Labute approximate surface area is 210 Å². The second kappa shape index (κ2) is 9.93. The predicted octanol–water partition coefficient (Wildman–Crippen LogP) is 5.81. The van der Waals surface area contributed by atoms with E-state index in [1.54, 1.807) is 24.5 Å². The second-order valence-electron chi connectivity index (χ2n) is 8.87. The van der Waals surface area contributed by atoms with E-state index in [0.29, 0.717) is 11.1 Å². The zero-order valence-corrected chi connectivity index (χ0v) is 19.5. The highest BCUT2D eigenvalue weighted by Gasteiger charge is 2.44. The number of hydrogen-bond donors (Lipinski definition) is 2. The van der Waals surface area contributed by atoms with Crippen molar-refractivity contribution in [1.82, 2.24) is 10.3 Å². The molecule has 1 fully saturated rings. The second-order valence-corrected chi connectivity index (χ2v) is 8.87. The van der Waals surface area contributed by atoms with Gasteiger partial charge in [0.1, 0.15) is 5.75 Å². The van der Waals surface area contributed by atoms with Gasteiger partial charge in [0.05, 0.1) is 0 Å². The van der Waals surface area contributed by atoms with Crippen LogP contribution in [0.25, 0.3) is 10.8 Å². The molecule has 0 radical (unpaired) electrons. The van der Waals surface area contributed by atoms with Crippen LogP contribution in [0.2, 0.25) is 0 Å². The molecule has 0 aliphatic heterocycles. The van der Waals surface area contributed by atoms with Crippen molar-refractivity contribution < 1.29 is 27.5 Å². The summed E-state index contributed by atoms with van der Waals surface area (Å²) in [6.45, 7) is 0.156. The number of amides is 2. The lowest BCUT2D eigenvalue weighted by Crippen LogP contribution is -2.22. The number of nitrogens with zero attached hydrogens (tertiary/aromatic N) is 1. The molecule has 3 aromatic carbocycles. The molecule has 6 nitrogen and oxygen atoms in total. The molecule has 0 bridgehead atoms. The largest absolute Gasteiger partial charge is 0.573 e. The van der Waals surface area contributed by atoms with Crippen LogP contribution in [0, 0.1) is 5.92 Å². The van der Waals surface area contributed by atoms with Crippen LogP contribution < -0.4 is 15.4 Å². The predicted molar refractivity (Wildman–Crippen MR) is 132 cm³/mol. The van der Waals surface area contributed by atoms with E-state index in [0.717, 1.165) is 28.4 Å². The number of benzene rings is 3. The van der Waals surface area contributed by atoms with Crippen molar-refractivity contribution in [3.8, 4) is 5.75 Å². The first kappa shape index (κ1) is 24.3. The molecule has 0 saturated heterocycles. The maximum absolute atomic E-state index is 12.7. The molecule has 1 saturated carbocycles. The van der Waals surface area contributed by atoms with Gasteiger partial charge in [-0.3, -0.25) is 14.6 Å². The highest BCUT2D eigenvalue weighted by atomic mass is 19.4. The van der Waals surface area contributed by atoms with Gasteiger partial charge in [-0.2, -0.15) is 0 Å². The average molecular weight is 505 g/mol. The van der Waals surface area contributed by atoms with Crippen molar-refractivity contribution in [2.75, 3.05) is 5.32 Å². The van der Waals surface area contributed by atoms with Gasteiger partial charge in [-0.15, -0.1) is 13.2 Å². The molecule has 2 amide bonds. The summed E-state index contributed by atoms with van der Waals surface area (Å²) in [5.41, 5.74) is 2.81. The molecular formula is C28H22F3N3O3. The summed E-state index contributed by atoms with van der Waals surface area (Å²) in [5.74, 6) is -0.693. The summed E-state index contributed by atoms with van der Waals surface area (Å²) in [7, 11) is 0. The van der Waals surface area contributed by atoms with Crippen molar-refractivity contribution in [1.29, 1.82) is 0 Å². The van der Waals surface area contributed by atoms with E-state index >= 15 is 0 Å². The third-order valence-electron chi connectivity index (χ3n) is 6.25. The molecule has 1 aromatic heterocycles. The topological polar surface area (TPSA) is 80.3 Å². The molecule has 4 aromatic rings. The van der Waals surface area contributed by atoms with Crippen LogP contribution in [-0.2, 0) is 11.3 Å². The van der Waals surface area contributed by atoms with Gasteiger partial charge >= 0.3 is 6.36 Å². The SMILES string of the molecule is O=C(NCc1ccc(OC(F)(F)F)cc1)c1ccc(C2CC2C(=O)Nc2ccc3cnccc3c2)cc1. The summed E-state index contributed by atoms with van der Waals surface area (Å²) in [6, 6.07) is 20.0. The van der Waals surface area contributed by atoms with Crippen LogP contribution >= 0.6 is 0 Å². The maximum atomic E-state index is 12.7. The Morgan fingerprint density at radius 2 is 1.70 bits per heavy atom. The highest BCUT2D eigenvalue weighted by molar-refractivity contribution is 5.97. The molecule has 37 heavy (non-hydrogen) atoms. The van der Waals surface area contributed by atoms with E-state index < -0.39 is 6.36 Å². The fourth-order valence-corrected chi connectivity index (χ4v) is 4.22. The van der Waals surface area contributed by atoms with Crippen LogP contribution in [0.3, 0.4) is 0 Å². The lowest BCUT2D eigenvalue weighted by atomic mass is 10.1. The van der Waals surface area contributed by atoms with Crippen LogP contribution in [0.1, 0.15) is 33.8 Å². The summed E-state index contributed by atoms with van der Waals surface area (Å²) >= 11 is 0.